The Kier molecular flexibility index (Phi) is 4.59. The Morgan fingerprint density at radius 2 is 2.24 bits per heavy atom. The number of anilines is 1. The summed E-state index contributed by atoms with van der Waals surface area (Å²) in [4.78, 5) is 6.48. The number of aliphatic hydroxyl groups is 1. The van der Waals surface area contributed by atoms with Crippen LogP contribution in [-0.2, 0) is 4.74 Å². The number of aromatic nitrogens is 1. The zero-order valence-corrected chi connectivity index (χ0v) is 10.4. The van der Waals surface area contributed by atoms with E-state index in [4.69, 9.17) is 21.4 Å². The Bertz CT molecular complexity index is 354. The van der Waals surface area contributed by atoms with Crippen LogP contribution in [0.2, 0.25) is 5.02 Å². The number of piperidine rings is 1. The van der Waals surface area contributed by atoms with Crippen LogP contribution in [0.5, 0.6) is 0 Å². The molecule has 1 aromatic heterocycles. The van der Waals surface area contributed by atoms with Crippen molar-refractivity contribution < 1.29 is 9.84 Å². The van der Waals surface area contributed by atoms with E-state index in [9.17, 15) is 0 Å². The minimum absolute atomic E-state index is 0.0896. The normalized spacial score (nSPS) is 17.4. The molecule has 94 valence electrons. The third kappa shape index (κ3) is 3.31. The average molecular weight is 257 g/mol. The van der Waals surface area contributed by atoms with E-state index >= 15 is 0 Å². The molecule has 0 atom stereocenters. The predicted octanol–water partition coefficient (Wildman–Crippen LogP) is 1.71. The maximum absolute atomic E-state index is 8.70. The number of hydrogen-bond acceptors (Lipinski definition) is 4. The number of aliphatic hydroxyl groups excluding tert-OH is 1. The highest BCUT2D eigenvalue weighted by molar-refractivity contribution is 6.32. The van der Waals surface area contributed by atoms with Gasteiger partial charge < -0.3 is 14.7 Å². The van der Waals surface area contributed by atoms with Crippen molar-refractivity contribution in [1.82, 2.24) is 4.98 Å². The summed E-state index contributed by atoms with van der Waals surface area (Å²) in [5.74, 6) is 0.856. The lowest BCUT2D eigenvalue weighted by Crippen LogP contribution is -2.38. The van der Waals surface area contributed by atoms with Gasteiger partial charge in [0.05, 0.1) is 24.3 Å². The molecule has 2 rings (SSSR count). The van der Waals surface area contributed by atoms with Crippen LogP contribution in [0, 0.1) is 0 Å². The largest absolute Gasteiger partial charge is 0.394 e. The van der Waals surface area contributed by atoms with Crippen molar-refractivity contribution in [2.75, 3.05) is 31.2 Å². The van der Waals surface area contributed by atoms with Gasteiger partial charge in [0.25, 0.3) is 0 Å². The van der Waals surface area contributed by atoms with Gasteiger partial charge in [0.15, 0.2) is 0 Å². The first kappa shape index (κ1) is 12.6. The van der Waals surface area contributed by atoms with Crippen molar-refractivity contribution >= 4 is 17.4 Å². The maximum Gasteiger partial charge on any atom is 0.147 e. The van der Waals surface area contributed by atoms with E-state index in [1.54, 1.807) is 6.20 Å². The van der Waals surface area contributed by atoms with Crippen molar-refractivity contribution in [3.8, 4) is 0 Å². The Balaban J connectivity index is 1.89. The summed E-state index contributed by atoms with van der Waals surface area (Å²) >= 11 is 6.11. The lowest BCUT2D eigenvalue weighted by atomic mass is 10.1. The van der Waals surface area contributed by atoms with E-state index in [1.165, 1.54) is 0 Å². The van der Waals surface area contributed by atoms with Crippen molar-refractivity contribution in [3.05, 3.63) is 23.4 Å². The fraction of sp³-hybridized carbons (Fsp3) is 0.583. The third-order valence-corrected chi connectivity index (χ3v) is 3.22. The molecule has 1 aromatic rings. The number of rotatable bonds is 4. The topological polar surface area (TPSA) is 45.6 Å². The molecule has 0 spiro atoms. The van der Waals surface area contributed by atoms with Gasteiger partial charge >= 0.3 is 0 Å². The van der Waals surface area contributed by atoms with Crippen LogP contribution < -0.4 is 4.90 Å². The highest BCUT2D eigenvalue weighted by atomic mass is 35.5. The number of ether oxygens (including phenoxy) is 1. The second kappa shape index (κ2) is 6.19. The molecule has 0 unspecified atom stereocenters. The van der Waals surface area contributed by atoms with E-state index in [1.807, 2.05) is 12.1 Å². The van der Waals surface area contributed by atoms with Crippen LogP contribution >= 0.6 is 11.6 Å². The smallest absolute Gasteiger partial charge is 0.147 e. The van der Waals surface area contributed by atoms with Crippen LogP contribution in [0.4, 0.5) is 5.82 Å². The van der Waals surface area contributed by atoms with Crippen LogP contribution in [0.25, 0.3) is 0 Å². The molecule has 5 heteroatoms. The number of halogens is 1. The van der Waals surface area contributed by atoms with Crippen molar-refractivity contribution in [2.24, 2.45) is 0 Å². The summed E-state index contributed by atoms with van der Waals surface area (Å²) in [6.45, 7) is 2.31. The van der Waals surface area contributed by atoms with Crippen LogP contribution in [0.15, 0.2) is 18.3 Å². The fourth-order valence-electron chi connectivity index (χ4n) is 2.06. The van der Waals surface area contributed by atoms with Crippen molar-refractivity contribution in [2.45, 2.75) is 18.9 Å². The van der Waals surface area contributed by atoms with Crippen molar-refractivity contribution in [3.63, 3.8) is 0 Å². The molecule has 0 amide bonds. The molecule has 1 N–H and O–H groups in total. The molecule has 1 aliphatic rings. The van der Waals surface area contributed by atoms with E-state index in [-0.39, 0.29) is 12.7 Å². The van der Waals surface area contributed by atoms with Gasteiger partial charge in [0.1, 0.15) is 5.82 Å². The summed E-state index contributed by atoms with van der Waals surface area (Å²) in [7, 11) is 0. The summed E-state index contributed by atoms with van der Waals surface area (Å²) < 4.78 is 5.52. The highest BCUT2D eigenvalue weighted by Crippen LogP contribution is 2.25. The van der Waals surface area contributed by atoms with Crippen molar-refractivity contribution in [1.29, 1.82) is 0 Å². The summed E-state index contributed by atoms with van der Waals surface area (Å²) in [6.07, 6.45) is 3.91. The van der Waals surface area contributed by atoms with Crippen LogP contribution in [0.1, 0.15) is 12.8 Å². The summed E-state index contributed by atoms with van der Waals surface area (Å²) in [6, 6.07) is 3.70. The van der Waals surface area contributed by atoms with Gasteiger partial charge in [-0.2, -0.15) is 0 Å². The molecule has 0 bridgehead atoms. The van der Waals surface area contributed by atoms with E-state index in [2.05, 4.69) is 9.88 Å². The molecule has 0 radical (unpaired) electrons. The Morgan fingerprint density at radius 3 is 2.88 bits per heavy atom. The van der Waals surface area contributed by atoms with Gasteiger partial charge in [-0.3, -0.25) is 0 Å². The fourth-order valence-corrected chi connectivity index (χ4v) is 2.30. The molecule has 17 heavy (non-hydrogen) atoms. The molecular formula is C12H17ClN2O2. The second-order valence-electron chi connectivity index (χ2n) is 4.09. The molecule has 4 nitrogen and oxygen atoms in total. The van der Waals surface area contributed by atoms with Gasteiger partial charge in [-0.05, 0) is 25.0 Å². The molecule has 0 aromatic carbocycles. The average Bonchev–Trinajstić information content (AvgIpc) is 2.38. The Labute approximate surface area is 106 Å². The molecule has 2 heterocycles. The molecule has 1 fully saturated rings. The molecular weight excluding hydrogens is 240 g/mol. The monoisotopic (exact) mass is 256 g/mol. The maximum atomic E-state index is 8.70. The molecule has 1 aliphatic heterocycles. The lowest BCUT2D eigenvalue weighted by Gasteiger charge is -2.33. The molecule has 1 saturated heterocycles. The number of pyridine rings is 1. The van der Waals surface area contributed by atoms with Gasteiger partial charge in [-0.25, -0.2) is 4.98 Å². The predicted molar refractivity (Wildman–Crippen MR) is 67.5 cm³/mol. The zero-order chi connectivity index (χ0) is 12.1. The molecule has 0 aliphatic carbocycles. The third-order valence-electron chi connectivity index (χ3n) is 2.93. The first-order chi connectivity index (χ1) is 8.31. The van der Waals surface area contributed by atoms with Gasteiger partial charge in [0.2, 0.25) is 0 Å². The van der Waals surface area contributed by atoms with Gasteiger partial charge in [0, 0.05) is 19.3 Å². The highest BCUT2D eigenvalue weighted by Gasteiger charge is 2.21. The van der Waals surface area contributed by atoms with E-state index < -0.39 is 0 Å². The summed E-state index contributed by atoms with van der Waals surface area (Å²) in [5.41, 5.74) is 0. The van der Waals surface area contributed by atoms with Crippen LogP contribution in [-0.4, -0.2) is 42.5 Å². The quantitative estimate of drug-likeness (QED) is 0.891. The number of nitrogens with zero attached hydrogens (tertiary/aromatic N) is 2. The second-order valence-corrected chi connectivity index (χ2v) is 4.50. The minimum Gasteiger partial charge on any atom is -0.394 e. The van der Waals surface area contributed by atoms with Crippen LogP contribution in [0.3, 0.4) is 0 Å². The standard InChI is InChI=1S/C12H17ClN2O2/c13-11-2-1-5-14-12(11)15-6-3-10(4-7-15)17-9-8-16/h1-2,5,10,16H,3-4,6-9H2. The van der Waals surface area contributed by atoms with E-state index in [0.29, 0.717) is 11.6 Å². The SMILES string of the molecule is OCCOC1CCN(c2ncccc2Cl)CC1. The number of hydrogen-bond donors (Lipinski definition) is 1. The zero-order valence-electron chi connectivity index (χ0n) is 9.68. The van der Waals surface area contributed by atoms with Gasteiger partial charge in [-0.1, -0.05) is 11.6 Å². The Hall–Kier alpha value is -0.840. The summed E-state index contributed by atoms with van der Waals surface area (Å²) in [5, 5.41) is 9.40. The minimum atomic E-state index is 0.0896. The van der Waals surface area contributed by atoms with Gasteiger partial charge in [-0.15, -0.1) is 0 Å². The lowest BCUT2D eigenvalue weighted by molar-refractivity contribution is 0.0158. The molecule has 0 saturated carbocycles. The Morgan fingerprint density at radius 1 is 1.47 bits per heavy atom. The first-order valence-corrected chi connectivity index (χ1v) is 6.27. The first-order valence-electron chi connectivity index (χ1n) is 5.89. The van der Waals surface area contributed by atoms with E-state index in [0.717, 1.165) is 31.7 Å².